The molecule has 0 saturated carbocycles. The van der Waals surface area contributed by atoms with Crippen molar-refractivity contribution < 1.29 is 14.3 Å². The summed E-state index contributed by atoms with van der Waals surface area (Å²) in [5, 5.41) is 0. The summed E-state index contributed by atoms with van der Waals surface area (Å²) in [4.78, 5) is 27.6. The number of nitrogens with zero attached hydrogens (tertiary/aromatic N) is 1. The molecule has 2 fully saturated rings. The molecule has 0 aliphatic carbocycles. The summed E-state index contributed by atoms with van der Waals surface area (Å²) in [6, 6.07) is 20.1. The molecule has 0 unspecified atom stereocenters. The monoisotopic (exact) mass is 349 g/mol. The summed E-state index contributed by atoms with van der Waals surface area (Å²) in [6.45, 7) is 1.00. The lowest BCUT2D eigenvalue weighted by molar-refractivity contribution is -0.158. The zero-order chi connectivity index (χ0) is 17.9. The second-order valence-electron chi connectivity index (χ2n) is 7.20. The van der Waals surface area contributed by atoms with Gasteiger partial charge in [0.25, 0.3) is 0 Å². The summed E-state index contributed by atoms with van der Waals surface area (Å²) < 4.78 is 5.50. The Bertz CT molecular complexity index is 774. The molecule has 26 heavy (non-hydrogen) atoms. The Morgan fingerprint density at radius 3 is 2.31 bits per heavy atom. The van der Waals surface area contributed by atoms with Gasteiger partial charge in [-0.2, -0.15) is 0 Å². The highest BCUT2D eigenvalue weighted by atomic mass is 16.5. The molecule has 2 aromatic rings. The zero-order valence-electron chi connectivity index (χ0n) is 14.7. The van der Waals surface area contributed by atoms with Crippen LogP contribution in [0.3, 0.4) is 0 Å². The van der Waals surface area contributed by atoms with E-state index in [2.05, 4.69) is 17.0 Å². The molecule has 4 rings (SSSR count). The standard InChI is InChI=1S/C22H23NO3/c24-20-13-18-11-12-19(23(18)14-16-7-3-1-4-8-16)21(20)22(25)26-15-17-9-5-2-6-10-17/h1-10,18-19,21H,11-15H2/t18-,19+,21+/m0/s1. The fraction of sp³-hybridized carbons (Fsp3) is 0.364. The highest BCUT2D eigenvalue weighted by molar-refractivity contribution is 6.01. The van der Waals surface area contributed by atoms with Crippen LogP contribution < -0.4 is 0 Å². The first-order valence-corrected chi connectivity index (χ1v) is 9.25. The minimum absolute atomic E-state index is 0.0373. The minimum atomic E-state index is -0.652. The molecule has 2 bridgehead atoms. The van der Waals surface area contributed by atoms with Crippen molar-refractivity contribution >= 4 is 11.8 Å². The molecule has 134 valence electrons. The molecular weight excluding hydrogens is 326 g/mol. The van der Waals surface area contributed by atoms with Crippen LogP contribution in [0, 0.1) is 5.92 Å². The number of rotatable bonds is 5. The molecule has 0 amide bonds. The lowest BCUT2D eigenvalue weighted by Gasteiger charge is -2.38. The smallest absolute Gasteiger partial charge is 0.318 e. The lowest BCUT2D eigenvalue weighted by Crippen LogP contribution is -2.51. The number of fused-ring (bicyclic) bond motifs is 2. The molecule has 2 aliphatic rings. The van der Waals surface area contributed by atoms with Crippen molar-refractivity contribution in [3.05, 3.63) is 71.8 Å². The van der Waals surface area contributed by atoms with Crippen LogP contribution >= 0.6 is 0 Å². The minimum Gasteiger partial charge on any atom is -0.460 e. The van der Waals surface area contributed by atoms with E-state index in [0.717, 1.165) is 24.9 Å². The first-order chi connectivity index (χ1) is 12.7. The SMILES string of the molecule is O=C1C[C@@H]2CC[C@H]([C@H]1C(=O)OCc1ccccc1)N2Cc1ccccc1. The van der Waals surface area contributed by atoms with E-state index in [-0.39, 0.29) is 30.4 Å². The number of ketones is 1. The molecule has 4 nitrogen and oxygen atoms in total. The van der Waals surface area contributed by atoms with Gasteiger partial charge in [0.15, 0.2) is 0 Å². The highest BCUT2D eigenvalue weighted by Crippen LogP contribution is 2.39. The molecule has 4 heteroatoms. The normalized spacial score (nSPS) is 25.2. The van der Waals surface area contributed by atoms with Gasteiger partial charge < -0.3 is 4.74 Å². The van der Waals surface area contributed by atoms with E-state index in [1.165, 1.54) is 5.56 Å². The average Bonchev–Trinajstić information content (AvgIpc) is 2.94. The van der Waals surface area contributed by atoms with Crippen LogP contribution in [0.1, 0.15) is 30.4 Å². The number of carbonyl (C=O) groups excluding carboxylic acids is 2. The largest absolute Gasteiger partial charge is 0.460 e. The van der Waals surface area contributed by atoms with E-state index in [1.807, 2.05) is 48.5 Å². The Labute approximate surface area is 153 Å². The highest BCUT2D eigenvalue weighted by Gasteiger charge is 2.50. The number of benzene rings is 2. The zero-order valence-corrected chi connectivity index (χ0v) is 14.7. The number of ether oxygens (including phenoxy) is 1. The van der Waals surface area contributed by atoms with Crippen LogP contribution in [0.15, 0.2) is 60.7 Å². The maximum Gasteiger partial charge on any atom is 0.318 e. The number of hydrogen-bond donors (Lipinski definition) is 0. The third-order valence-electron chi connectivity index (χ3n) is 5.54. The first-order valence-electron chi connectivity index (χ1n) is 9.25. The van der Waals surface area contributed by atoms with Gasteiger partial charge in [0.2, 0.25) is 0 Å². The molecule has 2 aromatic carbocycles. The van der Waals surface area contributed by atoms with Crippen molar-refractivity contribution in [3.63, 3.8) is 0 Å². The van der Waals surface area contributed by atoms with E-state index < -0.39 is 5.92 Å². The Morgan fingerprint density at radius 2 is 1.62 bits per heavy atom. The Kier molecular flexibility index (Phi) is 4.85. The number of hydrogen-bond acceptors (Lipinski definition) is 4. The first kappa shape index (κ1) is 17.0. The topological polar surface area (TPSA) is 46.6 Å². The number of esters is 1. The van der Waals surface area contributed by atoms with Crippen molar-refractivity contribution in [3.8, 4) is 0 Å². The maximum atomic E-state index is 12.7. The van der Waals surface area contributed by atoms with E-state index in [0.29, 0.717) is 6.42 Å². The van der Waals surface area contributed by atoms with Crippen LogP contribution in [0.25, 0.3) is 0 Å². The summed E-state index contributed by atoms with van der Waals surface area (Å²) in [6.07, 6.45) is 2.31. The molecule has 0 N–H and O–H groups in total. The van der Waals surface area contributed by atoms with Gasteiger partial charge in [0.05, 0.1) is 0 Å². The van der Waals surface area contributed by atoms with Crippen molar-refractivity contribution in [2.75, 3.05) is 0 Å². The van der Waals surface area contributed by atoms with Gasteiger partial charge in [-0.05, 0) is 24.0 Å². The van der Waals surface area contributed by atoms with Crippen LogP contribution in [-0.2, 0) is 27.5 Å². The van der Waals surface area contributed by atoms with E-state index in [1.54, 1.807) is 0 Å². The Hall–Kier alpha value is -2.46. The summed E-state index contributed by atoms with van der Waals surface area (Å²) in [7, 11) is 0. The van der Waals surface area contributed by atoms with Gasteiger partial charge in [-0.15, -0.1) is 0 Å². The summed E-state index contributed by atoms with van der Waals surface area (Å²) in [5.74, 6) is -0.983. The van der Waals surface area contributed by atoms with E-state index in [4.69, 9.17) is 4.74 Å². The van der Waals surface area contributed by atoms with Crippen molar-refractivity contribution in [2.45, 2.75) is 44.5 Å². The molecule has 3 atom stereocenters. The maximum absolute atomic E-state index is 12.7. The van der Waals surface area contributed by atoms with Crippen LogP contribution in [0.2, 0.25) is 0 Å². The summed E-state index contributed by atoms with van der Waals surface area (Å²) >= 11 is 0. The van der Waals surface area contributed by atoms with Gasteiger partial charge in [0, 0.05) is 25.0 Å². The van der Waals surface area contributed by atoms with Crippen molar-refractivity contribution in [2.24, 2.45) is 5.92 Å². The van der Waals surface area contributed by atoms with Crippen LogP contribution in [0.5, 0.6) is 0 Å². The van der Waals surface area contributed by atoms with Crippen LogP contribution in [0.4, 0.5) is 0 Å². The average molecular weight is 349 g/mol. The molecular formula is C22H23NO3. The molecule has 2 saturated heterocycles. The Balaban J connectivity index is 1.46. The predicted octanol–water partition coefficient (Wildman–Crippen LogP) is 3.35. The predicted molar refractivity (Wildman–Crippen MR) is 98.1 cm³/mol. The number of piperidine rings is 1. The van der Waals surface area contributed by atoms with Crippen molar-refractivity contribution in [1.82, 2.24) is 4.90 Å². The second kappa shape index (κ2) is 7.42. The molecule has 2 aliphatic heterocycles. The fourth-order valence-electron chi connectivity index (χ4n) is 4.26. The van der Waals surface area contributed by atoms with E-state index >= 15 is 0 Å². The fourth-order valence-corrected chi connectivity index (χ4v) is 4.26. The summed E-state index contributed by atoms with van der Waals surface area (Å²) in [5.41, 5.74) is 2.16. The van der Waals surface area contributed by atoms with Crippen molar-refractivity contribution in [1.29, 1.82) is 0 Å². The molecule has 0 spiro atoms. The van der Waals surface area contributed by atoms with Gasteiger partial charge in [0.1, 0.15) is 18.3 Å². The molecule has 0 aromatic heterocycles. The van der Waals surface area contributed by atoms with Gasteiger partial charge in [-0.3, -0.25) is 14.5 Å². The lowest BCUT2D eigenvalue weighted by atomic mass is 9.88. The third-order valence-corrected chi connectivity index (χ3v) is 5.54. The quantitative estimate of drug-likeness (QED) is 0.613. The van der Waals surface area contributed by atoms with Crippen LogP contribution in [-0.4, -0.2) is 28.7 Å². The molecule has 2 heterocycles. The second-order valence-corrected chi connectivity index (χ2v) is 7.20. The van der Waals surface area contributed by atoms with Gasteiger partial charge in [-0.1, -0.05) is 60.7 Å². The van der Waals surface area contributed by atoms with E-state index in [9.17, 15) is 9.59 Å². The number of Topliss-reactive ketones (excluding diaryl/α,β-unsaturated/α-hetero) is 1. The van der Waals surface area contributed by atoms with Gasteiger partial charge in [-0.25, -0.2) is 0 Å². The van der Waals surface area contributed by atoms with Gasteiger partial charge >= 0.3 is 5.97 Å². The molecule has 0 radical (unpaired) electrons. The third kappa shape index (κ3) is 3.42. The number of carbonyl (C=O) groups is 2. The Morgan fingerprint density at radius 1 is 0.962 bits per heavy atom.